The van der Waals surface area contributed by atoms with Gasteiger partial charge in [-0.1, -0.05) is 36.4 Å². The Morgan fingerprint density at radius 3 is 2.11 bits per heavy atom. The lowest BCUT2D eigenvalue weighted by Crippen LogP contribution is -2.45. The number of hydrogen-bond donors (Lipinski definition) is 1. The lowest BCUT2D eigenvalue weighted by atomic mass is 9.84. The van der Waals surface area contributed by atoms with Crippen LogP contribution in [0.5, 0.6) is 0 Å². The van der Waals surface area contributed by atoms with Crippen LogP contribution in [0, 0.1) is 11.6 Å². The third kappa shape index (κ3) is 6.20. The van der Waals surface area contributed by atoms with Crippen LogP contribution in [-0.2, 0) is 35.8 Å². The Bertz CT molecular complexity index is 1370. The molecule has 3 aromatic carbocycles. The summed E-state index contributed by atoms with van der Waals surface area (Å²) >= 11 is 1.07. The van der Waals surface area contributed by atoms with Gasteiger partial charge in [0, 0.05) is 18.0 Å². The molecule has 3 nitrogen and oxygen atoms in total. The minimum Gasteiger partial charge on any atom is -0.296 e. The van der Waals surface area contributed by atoms with Gasteiger partial charge in [-0.3, -0.25) is 4.84 Å². The molecule has 0 fully saturated rings. The Morgan fingerprint density at radius 1 is 0.789 bits per heavy atom. The molecule has 4 rings (SSSR count). The van der Waals surface area contributed by atoms with Crippen molar-refractivity contribution < 1.29 is 40.0 Å². The topological polar surface area (TPSA) is 34.1 Å². The van der Waals surface area contributed by atoms with E-state index in [0.717, 1.165) is 29.5 Å². The molecule has 12 heteroatoms. The predicted molar refractivity (Wildman–Crippen MR) is 124 cm³/mol. The molecule has 0 bridgehead atoms. The molecule has 1 N–H and O–H groups in total. The number of thiazole rings is 1. The van der Waals surface area contributed by atoms with Crippen molar-refractivity contribution in [2.45, 2.75) is 30.9 Å². The average molecular weight is 558 g/mol. The molecule has 0 amide bonds. The van der Waals surface area contributed by atoms with Gasteiger partial charge in [-0.15, -0.1) is 11.3 Å². The van der Waals surface area contributed by atoms with Crippen LogP contribution >= 0.6 is 11.3 Å². The van der Waals surface area contributed by atoms with E-state index in [9.17, 15) is 35.1 Å². The molecule has 4 aromatic rings. The molecule has 0 aliphatic rings. The average Bonchev–Trinajstić information content (AvgIpc) is 3.38. The molecule has 0 aliphatic carbocycles. The molecule has 0 radical (unpaired) electrons. The predicted octanol–water partition coefficient (Wildman–Crippen LogP) is 7.67. The van der Waals surface area contributed by atoms with Gasteiger partial charge in [-0.2, -0.15) is 31.8 Å². The maximum atomic E-state index is 14.5. The summed E-state index contributed by atoms with van der Waals surface area (Å²) in [5, 5.41) is 1.81. The van der Waals surface area contributed by atoms with Gasteiger partial charge >= 0.3 is 12.4 Å². The van der Waals surface area contributed by atoms with Crippen LogP contribution in [0.2, 0.25) is 0 Å². The van der Waals surface area contributed by atoms with Gasteiger partial charge in [0.15, 0.2) is 0 Å². The number of alkyl halides is 6. The number of hydroxylamine groups is 1. The Hall–Kier alpha value is -3.35. The van der Waals surface area contributed by atoms with Gasteiger partial charge in [0.2, 0.25) is 0 Å². The van der Waals surface area contributed by atoms with Crippen molar-refractivity contribution in [3.8, 4) is 0 Å². The molecule has 0 spiro atoms. The summed E-state index contributed by atoms with van der Waals surface area (Å²) in [6, 6.07) is 12.9. The summed E-state index contributed by atoms with van der Waals surface area (Å²) in [4.78, 5) is 9.80. The van der Waals surface area contributed by atoms with E-state index in [1.807, 2.05) is 0 Å². The number of hydrogen-bond acceptors (Lipinski definition) is 4. The quantitative estimate of drug-likeness (QED) is 0.178. The molecular formula is C26H18F8N2OS. The monoisotopic (exact) mass is 558 g/mol. The van der Waals surface area contributed by atoms with Crippen LogP contribution in [-0.4, -0.2) is 4.98 Å². The molecule has 1 unspecified atom stereocenters. The first-order valence-electron chi connectivity index (χ1n) is 11.0. The van der Waals surface area contributed by atoms with Crippen molar-refractivity contribution in [1.82, 2.24) is 10.5 Å². The Balaban J connectivity index is 1.75. The van der Waals surface area contributed by atoms with E-state index in [4.69, 9.17) is 4.84 Å². The Kier molecular flexibility index (Phi) is 7.86. The summed E-state index contributed by atoms with van der Waals surface area (Å²) < 4.78 is 108. The molecule has 38 heavy (non-hydrogen) atoms. The SMILES string of the molecule is Fc1cc(C(F)(F)F)cc(C(Cc2ccccc2)(NOCc2ccc(C(F)(F)F)c(F)c2)c2nccs2)c1. The second-order valence-corrected chi connectivity index (χ2v) is 9.23. The van der Waals surface area contributed by atoms with Crippen molar-refractivity contribution in [2.75, 3.05) is 0 Å². The van der Waals surface area contributed by atoms with E-state index < -0.39 is 47.3 Å². The van der Waals surface area contributed by atoms with Crippen LogP contribution < -0.4 is 5.48 Å². The minimum atomic E-state index is -4.88. The molecule has 1 heterocycles. The number of halogens is 8. The number of nitrogens with zero attached hydrogens (tertiary/aromatic N) is 1. The van der Waals surface area contributed by atoms with E-state index in [2.05, 4.69) is 10.5 Å². The zero-order valence-corrected chi connectivity index (χ0v) is 20.0. The van der Waals surface area contributed by atoms with Crippen molar-refractivity contribution >= 4 is 11.3 Å². The van der Waals surface area contributed by atoms with E-state index in [0.29, 0.717) is 23.8 Å². The van der Waals surface area contributed by atoms with Crippen molar-refractivity contribution in [1.29, 1.82) is 0 Å². The number of rotatable bonds is 8. The summed E-state index contributed by atoms with van der Waals surface area (Å²) in [6.07, 6.45) is -8.36. The zero-order chi connectivity index (χ0) is 27.6. The molecule has 1 aromatic heterocycles. The molecule has 200 valence electrons. The van der Waals surface area contributed by atoms with Crippen LogP contribution in [0.25, 0.3) is 0 Å². The third-order valence-corrected chi connectivity index (χ3v) is 6.59. The first-order valence-corrected chi connectivity index (χ1v) is 11.8. The van der Waals surface area contributed by atoms with Crippen LogP contribution in [0.1, 0.15) is 32.8 Å². The fraction of sp³-hybridized carbons (Fsp3) is 0.192. The smallest absolute Gasteiger partial charge is 0.296 e. The third-order valence-electron chi connectivity index (χ3n) is 5.65. The highest BCUT2D eigenvalue weighted by Gasteiger charge is 2.41. The molecule has 1 atom stereocenters. The highest BCUT2D eigenvalue weighted by Crippen LogP contribution is 2.39. The van der Waals surface area contributed by atoms with Gasteiger partial charge in [-0.05, 0) is 47.0 Å². The zero-order valence-electron chi connectivity index (χ0n) is 19.2. The van der Waals surface area contributed by atoms with Crippen molar-refractivity contribution in [2.24, 2.45) is 0 Å². The maximum Gasteiger partial charge on any atom is 0.419 e. The van der Waals surface area contributed by atoms with E-state index >= 15 is 0 Å². The van der Waals surface area contributed by atoms with Crippen LogP contribution in [0.4, 0.5) is 35.1 Å². The standard InChI is InChI=1S/C26H18F8N2OS/c27-20-12-18(11-19(13-20)25(29,30)31)24(23-35-8-9-38-23,14-16-4-2-1-3-5-16)36-37-15-17-6-7-21(22(28)10-17)26(32,33)34/h1-13,36H,14-15H2. The van der Waals surface area contributed by atoms with Gasteiger partial charge in [-0.25, -0.2) is 13.8 Å². The largest absolute Gasteiger partial charge is 0.419 e. The van der Waals surface area contributed by atoms with E-state index in [-0.39, 0.29) is 22.6 Å². The fourth-order valence-electron chi connectivity index (χ4n) is 3.90. The van der Waals surface area contributed by atoms with Crippen molar-refractivity contribution in [3.63, 3.8) is 0 Å². The van der Waals surface area contributed by atoms with E-state index in [1.165, 1.54) is 6.20 Å². The summed E-state index contributed by atoms with van der Waals surface area (Å²) in [7, 11) is 0. The number of aromatic nitrogens is 1. The fourth-order valence-corrected chi connectivity index (χ4v) is 4.70. The second kappa shape index (κ2) is 10.8. The first kappa shape index (κ1) is 27.7. The van der Waals surface area contributed by atoms with E-state index in [1.54, 1.807) is 35.7 Å². The normalized spacial score (nSPS) is 13.9. The lowest BCUT2D eigenvalue weighted by Gasteiger charge is -2.34. The Labute approximate surface area is 215 Å². The highest BCUT2D eigenvalue weighted by atomic mass is 32.1. The molecule has 0 aliphatic heterocycles. The molecular weight excluding hydrogens is 540 g/mol. The van der Waals surface area contributed by atoms with Gasteiger partial charge < -0.3 is 0 Å². The highest BCUT2D eigenvalue weighted by molar-refractivity contribution is 7.09. The molecule has 0 saturated carbocycles. The number of benzene rings is 3. The van der Waals surface area contributed by atoms with Gasteiger partial charge in [0.25, 0.3) is 0 Å². The maximum absolute atomic E-state index is 14.5. The summed E-state index contributed by atoms with van der Waals surface area (Å²) in [5.74, 6) is -2.65. The van der Waals surface area contributed by atoms with Crippen molar-refractivity contribution in [3.05, 3.63) is 123 Å². The number of nitrogens with one attached hydrogen (secondary N) is 1. The first-order chi connectivity index (χ1) is 17.9. The van der Waals surface area contributed by atoms with Gasteiger partial charge in [0.05, 0.1) is 17.7 Å². The summed E-state index contributed by atoms with van der Waals surface area (Å²) in [6.45, 7) is -0.460. The molecule has 0 saturated heterocycles. The van der Waals surface area contributed by atoms with Crippen LogP contribution in [0.15, 0.2) is 78.3 Å². The van der Waals surface area contributed by atoms with Gasteiger partial charge in [0.1, 0.15) is 22.2 Å². The summed E-state index contributed by atoms with van der Waals surface area (Å²) in [5.41, 5.74) is -1.14. The Morgan fingerprint density at radius 2 is 1.50 bits per heavy atom. The second-order valence-electron chi connectivity index (χ2n) is 8.33. The van der Waals surface area contributed by atoms with Crippen LogP contribution in [0.3, 0.4) is 0 Å². The minimum absolute atomic E-state index is 0.0194. The lowest BCUT2D eigenvalue weighted by molar-refractivity contribution is -0.140.